The third kappa shape index (κ3) is 3.91. The van der Waals surface area contributed by atoms with Gasteiger partial charge in [-0.25, -0.2) is 0 Å². The maximum absolute atomic E-state index is 12.2. The molecule has 0 unspecified atom stereocenters. The van der Waals surface area contributed by atoms with E-state index < -0.39 is 0 Å². The van der Waals surface area contributed by atoms with Gasteiger partial charge in [-0.1, -0.05) is 18.2 Å². The van der Waals surface area contributed by atoms with Crippen molar-refractivity contribution in [1.82, 2.24) is 0 Å². The second-order valence-electron chi connectivity index (χ2n) is 4.63. The van der Waals surface area contributed by atoms with Gasteiger partial charge in [0.2, 0.25) is 0 Å². The van der Waals surface area contributed by atoms with Crippen LogP contribution in [0, 0.1) is 0 Å². The van der Waals surface area contributed by atoms with Crippen LogP contribution >= 0.6 is 0 Å². The standard InChI is InChI=1S/C17H19NO4/c1-18(13-7-5-4-6-8-13)17(19)12-22-16-10-14(20-2)9-15(11-16)21-3/h4-11H,12H2,1-3H3. The van der Waals surface area contributed by atoms with Gasteiger partial charge >= 0.3 is 0 Å². The van der Waals surface area contributed by atoms with Crippen molar-refractivity contribution in [2.45, 2.75) is 0 Å². The minimum atomic E-state index is -0.145. The molecular weight excluding hydrogens is 282 g/mol. The minimum Gasteiger partial charge on any atom is -0.496 e. The van der Waals surface area contributed by atoms with E-state index in [-0.39, 0.29) is 12.5 Å². The van der Waals surface area contributed by atoms with E-state index in [0.29, 0.717) is 17.2 Å². The van der Waals surface area contributed by atoms with Crippen molar-refractivity contribution in [1.29, 1.82) is 0 Å². The van der Waals surface area contributed by atoms with Gasteiger partial charge in [0.15, 0.2) is 6.61 Å². The molecule has 5 heteroatoms. The van der Waals surface area contributed by atoms with E-state index in [4.69, 9.17) is 14.2 Å². The number of benzene rings is 2. The monoisotopic (exact) mass is 301 g/mol. The Hall–Kier alpha value is -2.69. The quantitative estimate of drug-likeness (QED) is 0.823. The smallest absolute Gasteiger partial charge is 0.264 e. The molecule has 2 aromatic rings. The van der Waals surface area contributed by atoms with Crippen molar-refractivity contribution in [3.05, 3.63) is 48.5 Å². The average Bonchev–Trinajstić information content (AvgIpc) is 2.59. The lowest BCUT2D eigenvalue weighted by Crippen LogP contribution is -2.31. The summed E-state index contributed by atoms with van der Waals surface area (Å²) >= 11 is 0. The minimum absolute atomic E-state index is 0.0677. The molecule has 5 nitrogen and oxygen atoms in total. The molecular formula is C17H19NO4. The molecule has 0 aliphatic carbocycles. The van der Waals surface area contributed by atoms with Crippen molar-refractivity contribution in [2.75, 3.05) is 32.8 Å². The second kappa shape index (κ2) is 7.36. The molecule has 22 heavy (non-hydrogen) atoms. The van der Waals surface area contributed by atoms with Gasteiger partial charge in [0.25, 0.3) is 5.91 Å². The number of methoxy groups -OCH3 is 2. The number of rotatable bonds is 6. The number of para-hydroxylation sites is 1. The maximum Gasteiger partial charge on any atom is 0.264 e. The number of hydrogen-bond donors (Lipinski definition) is 0. The summed E-state index contributed by atoms with van der Waals surface area (Å²) in [4.78, 5) is 13.7. The Morgan fingerprint density at radius 1 is 0.955 bits per heavy atom. The molecule has 0 bridgehead atoms. The van der Waals surface area contributed by atoms with Crippen LogP contribution in [0.25, 0.3) is 0 Å². The Morgan fingerprint density at radius 2 is 1.50 bits per heavy atom. The maximum atomic E-state index is 12.2. The first-order chi connectivity index (χ1) is 10.6. The number of nitrogens with zero attached hydrogens (tertiary/aromatic N) is 1. The highest BCUT2D eigenvalue weighted by Crippen LogP contribution is 2.27. The summed E-state index contributed by atoms with van der Waals surface area (Å²) in [6, 6.07) is 14.6. The van der Waals surface area contributed by atoms with Gasteiger partial charge in [-0.15, -0.1) is 0 Å². The van der Waals surface area contributed by atoms with Crippen LogP contribution in [0.5, 0.6) is 17.2 Å². The molecule has 0 aromatic heterocycles. The van der Waals surface area contributed by atoms with E-state index in [9.17, 15) is 4.79 Å². The lowest BCUT2D eigenvalue weighted by Gasteiger charge is -2.17. The highest BCUT2D eigenvalue weighted by molar-refractivity contribution is 5.93. The van der Waals surface area contributed by atoms with Crippen LogP contribution in [0.3, 0.4) is 0 Å². The topological polar surface area (TPSA) is 48.0 Å². The predicted octanol–water partition coefficient (Wildman–Crippen LogP) is 2.75. The summed E-state index contributed by atoms with van der Waals surface area (Å²) in [7, 11) is 4.84. The largest absolute Gasteiger partial charge is 0.496 e. The molecule has 2 rings (SSSR count). The zero-order valence-electron chi connectivity index (χ0n) is 12.9. The summed E-state index contributed by atoms with van der Waals surface area (Å²) in [5.41, 5.74) is 0.819. The van der Waals surface area contributed by atoms with E-state index in [2.05, 4.69) is 0 Å². The van der Waals surface area contributed by atoms with Crippen LogP contribution in [0.1, 0.15) is 0 Å². The lowest BCUT2D eigenvalue weighted by molar-refractivity contribution is -0.120. The fraction of sp³-hybridized carbons (Fsp3) is 0.235. The van der Waals surface area contributed by atoms with Gasteiger partial charge in [-0.3, -0.25) is 4.79 Å². The van der Waals surface area contributed by atoms with E-state index in [0.717, 1.165) is 5.69 Å². The van der Waals surface area contributed by atoms with Gasteiger partial charge in [0.1, 0.15) is 17.2 Å². The number of likely N-dealkylation sites (N-methyl/N-ethyl adjacent to an activating group) is 1. The Labute approximate surface area is 130 Å². The molecule has 0 saturated heterocycles. The van der Waals surface area contributed by atoms with Gasteiger partial charge in [-0.2, -0.15) is 0 Å². The first-order valence-corrected chi connectivity index (χ1v) is 6.81. The SMILES string of the molecule is COc1cc(OC)cc(OCC(=O)N(C)c2ccccc2)c1. The number of carbonyl (C=O) groups excluding carboxylic acids is 1. The summed E-state index contributed by atoms with van der Waals surface area (Å²) < 4.78 is 15.9. The lowest BCUT2D eigenvalue weighted by atomic mass is 10.3. The number of amides is 1. The van der Waals surface area contributed by atoms with Crippen molar-refractivity contribution < 1.29 is 19.0 Å². The first-order valence-electron chi connectivity index (χ1n) is 6.81. The van der Waals surface area contributed by atoms with Crippen LogP contribution in [0.15, 0.2) is 48.5 Å². The van der Waals surface area contributed by atoms with Gasteiger partial charge in [-0.05, 0) is 12.1 Å². The Balaban J connectivity index is 2.02. The van der Waals surface area contributed by atoms with Gasteiger partial charge in [0, 0.05) is 30.9 Å². The van der Waals surface area contributed by atoms with E-state index >= 15 is 0 Å². The molecule has 116 valence electrons. The third-order valence-electron chi connectivity index (χ3n) is 3.20. The number of anilines is 1. The normalized spacial score (nSPS) is 9.95. The summed E-state index contributed by atoms with van der Waals surface area (Å²) in [5, 5.41) is 0. The number of carbonyl (C=O) groups is 1. The molecule has 1 amide bonds. The van der Waals surface area contributed by atoms with E-state index in [1.54, 1.807) is 44.4 Å². The Kier molecular flexibility index (Phi) is 5.25. The summed E-state index contributed by atoms with van der Waals surface area (Å²) in [5.74, 6) is 1.59. The zero-order valence-corrected chi connectivity index (χ0v) is 12.9. The molecule has 0 fully saturated rings. The van der Waals surface area contributed by atoms with Crippen LogP contribution < -0.4 is 19.1 Å². The Bertz CT molecular complexity index is 606. The molecule has 0 saturated carbocycles. The molecule has 0 aliphatic heterocycles. The molecule has 0 aliphatic rings. The summed E-state index contributed by atoms with van der Waals surface area (Å²) in [6.07, 6.45) is 0. The van der Waals surface area contributed by atoms with Gasteiger partial charge < -0.3 is 19.1 Å². The zero-order chi connectivity index (χ0) is 15.9. The molecule has 0 spiro atoms. The van der Waals surface area contributed by atoms with Gasteiger partial charge in [0.05, 0.1) is 14.2 Å². The van der Waals surface area contributed by atoms with Crippen LogP contribution in [0.4, 0.5) is 5.69 Å². The summed E-state index contributed by atoms with van der Waals surface area (Å²) in [6.45, 7) is -0.0677. The molecule has 2 aromatic carbocycles. The van der Waals surface area contributed by atoms with Crippen molar-refractivity contribution in [3.8, 4) is 17.2 Å². The molecule has 0 heterocycles. The fourth-order valence-electron chi connectivity index (χ4n) is 1.90. The predicted molar refractivity (Wildman–Crippen MR) is 84.9 cm³/mol. The Morgan fingerprint density at radius 3 is 2.05 bits per heavy atom. The van der Waals surface area contributed by atoms with Crippen molar-refractivity contribution in [2.24, 2.45) is 0 Å². The van der Waals surface area contributed by atoms with Crippen LogP contribution in [0.2, 0.25) is 0 Å². The van der Waals surface area contributed by atoms with E-state index in [1.807, 2.05) is 30.3 Å². The number of hydrogen-bond acceptors (Lipinski definition) is 4. The van der Waals surface area contributed by atoms with Crippen molar-refractivity contribution >= 4 is 11.6 Å². The van der Waals surface area contributed by atoms with Crippen molar-refractivity contribution in [3.63, 3.8) is 0 Å². The molecule has 0 radical (unpaired) electrons. The second-order valence-corrected chi connectivity index (χ2v) is 4.63. The molecule has 0 atom stereocenters. The highest BCUT2D eigenvalue weighted by Gasteiger charge is 2.12. The number of ether oxygens (including phenoxy) is 3. The molecule has 0 N–H and O–H groups in total. The van der Waals surface area contributed by atoms with E-state index in [1.165, 1.54) is 0 Å². The van der Waals surface area contributed by atoms with Crippen LogP contribution in [-0.2, 0) is 4.79 Å². The third-order valence-corrected chi connectivity index (χ3v) is 3.20. The fourth-order valence-corrected chi connectivity index (χ4v) is 1.90. The first kappa shape index (κ1) is 15.7. The average molecular weight is 301 g/mol. The highest BCUT2D eigenvalue weighted by atomic mass is 16.5. The van der Waals surface area contributed by atoms with Crippen LogP contribution in [-0.4, -0.2) is 33.8 Å².